The van der Waals surface area contributed by atoms with Gasteiger partial charge in [0.05, 0.1) is 0 Å². The van der Waals surface area contributed by atoms with E-state index in [0.29, 0.717) is 5.75 Å². The van der Waals surface area contributed by atoms with Gasteiger partial charge in [-0.25, -0.2) is 0 Å². The van der Waals surface area contributed by atoms with Crippen molar-refractivity contribution in [1.82, 2.24) is 0 Å². The number of benzene rings is 2. The Morgan fingerprint density at radius 1 is 1.00 bits per heavy atom. The van der Waals surface area contributed by atoms with Crippen molar-refractivity contribution in [1.29, 1.82) is 0 Å². The van der Waals surface area contributed by atoms with Crippen LogP contribution in [0.15, 0.2) is 60.7 Å². The van der Waals surface area contributed by atoms with Crippen LogP contribution in [0, 0.1) is 0 Å². The van der Waals surface area contributed by atoms with Gasteiger partial charge in [0.15, 0.2) is 0 Å². The van der Waals surface area contributed by atoms with Crippen LogP contribution in [0.25, 0.3) is 0 Å². The van der Waals surface area contributed by atoms with Crippen molar-refractivity contribution < 1.29 is 9.00 Å². The minimum Gasteiger partial charge on any atom is -0.315 e. The number of carbonyl (C=O) groups excluding carboxylic acids is 1. The van der Waals surface area contributed by atoms with Crippen molar-refractivity contribution in [2.24, 2.45) is 0 Å². The fourth-order valence-corrected chi connectivity index (χ4v) is 2.98. The second-order valence-corrected chi connectivity index (χ2v) is 5.96. The molecule has 20 heavy (non-hydrogen) atoms. The number of rotatable bonds is 5. The molecule has 2 aromatic rings. The largest absolute Gasteiger partial charge is 0.315 e. The van der Waals surface area contributed by atoms with Crippen LogP contribution < -0.4 is 4.90 Å². The summed E-state index contributed by atoms with van der Waals surface area (Å²) in [7, 11) is 0.519. The molecule has 0 aromatic heterocycles. The molecule has 2 rings (SSSR count). The molecule has 0 spiro atoms. The van der Waals surface area contributed by atoms with E-state index in [1.54, 1.807) is 11.9 Å². The third kappa shape index (κ3) is 4.03. The second kappa shape index (κ2) is 7.01. The Morgan fingerprint density at radius 2 is 1.55 bits per heavy atom. The summed E-state index contributed by atoms with van der Waals surface area (Å²) in [5.74, 6) is 0.320. The molecule has 1 atom stereocenters. The van der Waals surface area contributed by atoms with Crippen LogP contribution in [0.2, 0.25) is 0 Å². The Labute approximate surface area is 121 Å². The van der Waals surface area contributed by atoms with Crippen molar-refractivity contribution in [3.8, 4) is 0 Å². The van der Waals surface area contributed by atoms with E-state index in [0.717, 1.165) is 11.3 Å². The van der Waals surface area contributed by atoms with Gasteiger partial charge in [-0.3, -0.25) is 9.00 Å². The molecule has 0 fully saturated rings. The first-order valence-electron chi connectivity index (χ1n) is 6.37. The number of hydrogen-bond acceptors (Lipinski definition) is 2. The van der Waals surface area contributed by atoms with E-state index in [9.17, 15) is 9.00 Å². The molecule has 0 bridgehead atoms. The number of nitrogens with zero attached hydrogens (tertiary/aromatic N) is 1. The zero-order valence-electron chi connectivity index (χ0n) is 11.4. The van der Waals surface area contributed by atoms with E-state index < -0.39 is 10.8 Å². The summed E-state index contributed by atoms with van der Waals surface area (Å²) in [5.41, 5.74) is 1.80. The summed E-state index contributed by atoms with van der Waals surface area (Å²) < 4.78 is 12.0. The Kier molecular flexibility index (Phi) is 5.07. The molecule has 0 saturated heterocycles. The number of amides is 1. The van der Waals surface area contributed by atoms with Crippen molar-refractivity contribution in [2.45, 2.75) is 5.75 Å². The maximum absolute atomic E-state index is 12.1. The zero-order valence-corrected chi connectivity index (χ0v) is 12.2. The minimum absolute atomic E-state index is 0.0420. The lowest BCUT2D eigenvalue weighted by molar-refractivity contribution is -0.115. The van der Waals surface area contributed by atoms with Crippen LogP contribution in [0.4, 0.5) is 5.69 Å². The molecule has 0 radical (unpaired) electrons. The molecule has 0 N–H and O–H groups in total. The fraction of sp³-hybridized carbons (Fsp3) is 0.188. The van der Waals surface area contributed by atoms with E-state index >= 15 is 0 Å². The molecule has 0 aliphatic carbocycles. The number of hydrogen-bond donors (Lipinski definition) is 0. The lowest BCUT2D eigenvalue weighted by Crippen LogP contribution is -2.30. The maximum atomic E-state index is 12.1. The first-order valence-corrected chi connectivity index (χ1v) is 7.86. The molecular weight excluding hydrogens is 270 g/mol. The Morgan fingerprint density at radius 3 is 2.15 bits per heavy atom. The van der Waals surface area contributed by atoms with Gasteiger partial charge in [0.25, 0.3) is 0 Å². The summed E-state index contributed by atoms with van der Waals surface area (Å²) in [6.45, 7) is 0. The van der Waals surface area contributed by atoms with E-state index in [2.05, 4.69) is 0 Å². The number of anilines is 1. The summed E-state index contributed by atoms with van der Waals surface area (Å²) in [4.78, 5) is 13.6. The van der Waals surface area contributed by atoms with E-state index in [4.69, 9.17) is 0 Å². The predicted octanol–water partition coefficient (Wildman–Crippen LogP) is 2.60. The zero-order chi connectivity index (χ0) is 14.4. The maximum Gasteiger partial charge on any atom is 0.239 e. The minimum atomic E-state index is -1.19. The summed E-state index contributed by atoms with van der Waals surface area (Å²) in [5, 5.41) is 0. The van der Waals surface area contributed by atoms with Gasteiger partial charge in [0, 0.05) is 29.3 Å². The molecule has 0 aliphatic rings. The van der Waals surface area contributed by atoms with Gasteiger partial charge >= 0.3 is 0 Å². The van der Waals surface area contributed by atoms with Crippen molar-refractivity contribution in [3.63, 3.8) is 0 Å². The smallest absolute Gasteiger partial charge is 0.239 e. The predicted molar refractivity (Wildman–Crippen MR) is 83.0 cm³/mol. The average molecular weight is 287 g/mol. The van der Waals surface area contributed by atoms with E-state index in [1.165, 1.54) is 0 Å². The molecule has 3 nitrogen and oxygen atoms in total. The van der Waals surface area contributed by atoms with Gasteiger partial charge in [-0.1, -0.05) is 48.5 Å². The fourth-order valence-electron chi connectivity index (χ4n) is 1.84. The molecular formula is C16H17NO2S. The SMILES string of the molecule is CN(C(=O)C[S@@](=O)Cc1ccccc1)c1ccccc1. The molecule has 1 amide bonds. The second-order valence-electron chi connectivity index (χ2n) is 4.50. The summed E-state index contributed by atoms with van der Waals surface area (Å²) >= 11 is 0. The van der Waals surface area contributed by atoms with Crippen LogP contribution >= 0.6 is 0 Å². The van der Waals surface area contributed by atoms with E-state index in [1.807, 2.05) is 60.7 Å². The quantitative estimate of drug-likeness (QED) is 0.847. The molecule has 0 aliphatic heterocycles. The van der Waals surface area contributed by atoms with Gasteiger partial charge in [-0.05, 0) is 17.7 Å². The first kappa shape index (κ1) is 14.5. The van der Waals surface area contributed by atoms with Gasteiger partial charge in [-0.2, -0.15) is 0 Å². The first-order chi connectivity index (χ1) is 9.66. The summed E-state index contributed by atoms with van der Waals surface area (Å²) in [6, 6.07) is 18.9. The molecule has 0 heterocycles. The third-order valence-corrected chi connectivity index (χ3v) is 4.20. The van der Waals surface area contributed by atoms with Gasteiger partial charge in [-0.15, -0.1) is 0 Å². The Hall–Kier alpha value is -1.94. The van der Waals surface area contributed by atoms with Gasteiger partial charge < -0.3 is 4.90 Å². The molecule has 2 aromatic carbocycles. The molecule has 0 unspecified atom stereocenters. The normalized spacial score (nSPS) is 11.8. The van der Waals surface area contributed by atoms with Crippen LogP contribution in [0.1, 0.15) is 5.56 Å². The number of para-hydroxylation sites is 1. The Bertz CT molecular complexity index is 584. The highest BCUT2D eigenvalue weighted by molar-refractivity contribution is 7.84. The monoisotopic (exact) mass is 287 g/mol. The average Bonchev–Trinajstić information content (AvgIpc) is 2.48. The van der Waals surface area contributed by atoms with Gasteiger partial charge in [0.1, 0.15) is 5.75 Å². The molecule has 4 heteroatoms. The van der Waals surface area contributed by atoms with Crippen LogP contribution in [-0.4, -0.2) is 22.9 Å². The highest BCUT2D eigenvalue weighted by atomic mass is 32.2. The van der Waals surface area contributed by atoms with Crippen molar-refractivity contribution in [2.75, 3.05) is 17.7 Å². The van der Waals surface area contributed by atoms with E-state index in [-0.39, 0.29) is 11.7 Å². The number of carbonyl (C=O) groups is 1. The highest BCUT2D eigenvalue weighted by Crippen LogP contribution is 2.12. The Balaban J connectivity index is 1.93. The van der Waals surface area contributed by atoms with Crippen LogP contribution in [0.5, 0.6) is 0 Å². The topological polar surface area (TPSA) is 37.4 Å². The highest BCUT2D eigenvalue weighted by Gasteiger charge is 2.14. The van der Waals surface area contributed by atoms with Gasteiger partial charge in [0.2, 0.25) is 5.91 Å². The lowest BCUT2D eigenvalue weighted by Gasteiger charge is -2.16. The van der Waals surface area contributed by atoms with Crippen molar-refractivity contribution in [3.05, 3.63) is 66.2 Å². The lowest BCUT2D eigenvalue weighted by atomic mass is 10.2. The van der Waals surface area contributed by atoms with Crippen molar-refractivity contribution >= 4 is 22.4 Å². The standard InChI is InChI=1S/C16H17NO2S/c1-17(15-10-6-3-7-11-15)16(18)13-20(19)12-14-8-4-2-5-9-14/h2-11H,12-13H2,1H3/t20-/m0/s1. The van der Waals surface area contributed by atoms with Crippen LogP contribution in [-0.2, 0) is 21.3 Å². The summed E-state index contributed by atoms with van der Waals surface area (Å²) in [6.07, 6.45) is 0. The van der Waals surface area contributed by atoms with Crippen LogP contribution in [0.3, 0.4) is 0 Å². The molecule has 104 valence electrons. The molecule has 0 saturated carbocycles. The third-order valence-electron chi connectivity index (χ3n) is 2.97.